The summed E-state index contributed by atoms with van der Waals surface area (Å²) in [6, 6.07) is 13.3. The Labute approximate surface area is 191 Å². The first-order valence-corrected chi connectivity index (χ1v) is 11.2. The van der Waals surface area contributed by atoms with Gasteiger partial charge in [0.1, 0.15) is 18.9 Å². The normalized spacial score (nSPS) is 14.1. The van der Waals surface area contributed by atoms with Crippen LogP contribution in [0.5, 0.6) is 0 Å². The van der Waals surface area contributed by atoms with Crippen molar-refractivity contribution in [2.45, 2.75) is 51.6 Å². The molecule has 4 rings (SSSR count). The van der Waals surface area contributed by atoms with Crippen LogP contribution in [0.4, 0.5) is 10.1 Å². The molecule has 1 aliphatic carbocycles. The molecule has 9 heteroatoms. The van der Waals surface area contributed by atoms with E-state index in [4.69, 9.17) is 0 Å². The van der Waals surface area contributed by atoms with E-state index in [0.717, 1.165) is 31.2 Å². The third kappa shape index (κ3) is 6.00. The largest absolute Gasteiger partial charge is 0.352 e. The quantitative estimate of drug-likeness (QED) is 0.596. The number of nitrogens with zero attached hydrogens (tertiary/aromatic N) is 5. The van der Waals surface area contributed by atoms with Crippen LogP contribution in [0.2, 0.25) is 0 Å². The summed E-state index contributed by atoms with van der Waals surface area (Å²) in [5.41, 5.74) is 2.21. The molecule has 0 unspecified atom stereocenters. The van der Waals surface area contributed by atoms with Gasteiger partial charge in [0.25, 0.3) is 5.91 Å². The van der Waals surface area contributed by atoms with Gasteiger partial charge in [0.15, 0.2) is 0 Å². The number of carbonyl (C=O) groups is 2. The van der Waals surface area contributed by atoms with Crippen molar-refractivity contribution >= 4 is 17.5 Å². The van der Waals surface area contributed by atoms with Crippen LogP contribution >= 0.6 is 0 Å². The molecule has 1 saturated carbocycles. The summed E-state index contributed by atoms with van der Waals surface area (Å²) in [5, 5.41) is 15.2. The van der Waals surface area contributed by atoms with Gasteiger partial charge in [-0.15, -0.1) is 10.2 Å². The fraction of sp³-hybridized carbons (Fsp3) is 0.375. The molecule has 0 saturated heterocycles. The summed E-state index contributed by atoms with van der Waals surface area (Å²) in [5.74, 6) is -0.584. The van der Waals surface area contributed by atoms with Gasteiger partial charge in [-0.3, -0.25) is 9.59 Å². The SMILES string of the molecule is Cc1cccc(N(CC(=O)NC2CCCCC2)C(=O)Cn2nnc(-c3ccc(F)cc3)n2)c1. The summed E-state index contributed by atoms with van der Waals surface area (Å²) in [6.45, 7) is 1.67. The van der Waals surface area contributed by atoms with E-state index in [-0.39, 0.29) is 36.8 Å². The molecule has 0 atom stereocenters. The van der Waals surface area contributed by atoms with Crippen LogP contribution < -0.4 is 10.2 Å². The average molecular weight is 451 g/mol. The minimum absolute atomic E-state index is 0.0850. The number of halogens is 1. The summed E-state index contributed by atoms with van der Waals surface area (Å²) in [7, 11) is 0. The Morgan fingerprint density at radius 3 is 2.61 bits per heavy atom. The van der Waals surface area contributed by atoms with E-state index in [1.807, 2.05) is 25.1 Å². The molecule has 2 amide bonds. The van der Waals surface area contributed by atoms with E-state index in [1.165, 1.54) is 28.2 Å². The second-order valence-electron chi connectivity index (χ2n) is 8.37. The first kappa shape index (κ1) is 22.6. The van der Waals surface area contributed by atoms with E-state index >= 15 is 0 Å². The molecule has 0 radical (unpaired) electrons. The third-order valence-corrected chi connectivity index (χ3v) is 5.72. The summed E-state index contributed by atoms with van der Waals surface area (Å²) >= 11 is 0. The lowest BCUT2D eigenvalue weighted by Crippen LogP contribution is -2.46. The molecule has 0 aliphatic heterocycles. The molecule has 1 aliphatic rings. The van der Waals surface area contributed by atoms with Gasteiger partial charge in [-0.1, -0.05) is 31.4 Å². The van der Waals surface area contributed by atoms with Crippen molar-refractivity contribution in [2.24, 2.45) is 0 Å². The number of anilines is 1. The maximum Gasteiger partial charge on any atom is 0.251 e. The fourth-order valence-electron chi connectivity index (χ4n) is 4.01. The van der Waals surface area contributed by atoms with Crippen molar-refractivity contribution in [3.05, 3.63) is 59.9 Å². The number of amides is 2. The topological polar surface area (TPSA) is 93.0 Å². The van der Waals surface area contributed by atoms with Crippen LogP contribution in [-0.4, -0.2) is 44.6 Å². The highest BCUT2D eigenvalue weighted by molar-refractivity contribution is 5.98. The van der Waals surface area contributed by atoms with Crippen LogP contribution in [-0.2, 0) is 16.1 Å². The van der Waals surface area contributed by atoms with Crippen molar-refractivity contribution in [1.29, 1.82) is 0 Å². The number of benzene rings is 2. The Hall–Kier alpha value is -3.62. The standard InChI is InChI=1S/C24H27FN6O2/c1-17-6-5-9-21(14-17)30(15-22(32)26-20-7-3-2-4-8-20)23(33)16-31-28-24(27-29-31)18-10-12-19(25)13-11-18/h5-6,9-14,20H,2-4,7-8,15-16H2,1H3,(H,26,32). The van der Waals surface area contributed by atoms with Gasteiger partial charge in [0.05, 0.1) is 0 Å². The van der Waals surface area contributed by atoms with Crippen molar-refractivity contribution in [1.82, 2.24) is 25.5 Å². The number of aromatic nitrogens is 4. The average Bonchev–Trinajstić information content (AvgIpc) is 3.27. The van der Waals surface area contributed by atoms with E-state index in [9.17, 15) is 14.0 Å². The maximum absolute atomic E-state index is 13.2. The van der Waals surface area contributed by atoms with Gasteiger partial charge in [-0.25, -0.2) is 4.39 Å². The number of tetrazole rings is 1. The van der Waals surface area contributed by atoms with Crippen LogP contribution in [0.3, 0.4) is 0 Å². The van der Waals surface area contributed by atoms with E-state index in [1.54, 1.807) is 18.2 Å². The fourth-order valence-corrected chi connectivity index (χ4v) is 4.01. The number of aryl methyl sites for hydroxylation is 1. The Balaban J connectivity index is 1.48. The van der Waals surface area contributed by atoms with Crippen molar-refractivity contribution in [2.75, 3.05) is 11.4 Å². The third-order valence-electron chi connectivity index (χ3n) is 5.72. The van der Waals surface area contributed by atoms with Crippen LogP contribution in [0.15, 0.2) is 48.5 Å². The van der Waals surface area contributed by atoms with Crippen LogP contribution in [0, 0.1) is 12.7 Å². The highest BCUT2D eigenvalue weighted by atomic mass is 19.1. The molecule has 0 spiro atoms. The Morgan fingerprint density at radius 1 is 1.12 bits per heavy atom. The van der Waals surface area contributed by atoms with Crippen LogP contribution in [0.1, 0.15) is 37.7 Å². The zero-order valence-corrected chi connectivity index (χ0v) is 18.6. The molecule has 1 N–H and O–H groups in total. The number of hydrogen-bond acceptors (Lipinski definition) is 5. The number of nitrogens with one attached hydrogen (secondary N) is 1. The van der Waals surface area contributed by atoms with Crippen molar-refractivity contribution in [3.63, 3.8) is 0 Å². The smallest absolute Gasteiger partial charge is 0.251 e. The molecule has 0 bridgehead atoms. The summed E-state index contributed by atoms with van der Waals surface area (Å²) in [6.07, 6.45) is 5.36. The first-order valence-electron chi connectivity index (χ1n) is 11.2. The van der Waals surface area contributed by atoms with E-state index < -0.39 is 0 Å². The number of carbonyl (C=O) groups excluding carboxylic acids is 2. The highest BCUT2D eigenvalue weighted by Gasteiger charge is 2.23. The zero-order chi connectivity index (χ0) is 23.2. The minimum atomic E-state index is -0.360. The second-order valence-corrected chi connectivity index (χ2v) is 8.37. The van der Waals surface area contributed by atoms with Gasteiger partial charge in [0.2, 0.25) is 11.7 Å². The Kier molecular flexibility index (Phi) is 7.07. The van der Waals surface area contributed by atoms with Gasteiger partial charge in [0, 0.05) is 17.3 Å². The molecule has 1 aromatic heterocycles. The predicted octanol–water partition coefficient (Wildman–Crippen LogP) is 3.27. The lowest BCUT2D eigenvalue weighted by Gasteiger charge is -2.26. The maximum atomic E-state index is 13.2. The van der Waals surface area contributed by atoms with Crippen LogP contribution in [0.25, 0.3) is 11.4 Å². The molecule has 1 fully saturated rings. The molecule has 2 aromatic carbocycles. The lowest BCUT2D eigenvalue weighted by atomic mass is 9.95. The predicted molar refractivity (Wildman–Crippen MR) is 122 cm³/mol. The van der Waals surface area contributed by atoms with Gasteiger partial charge >= 0.3 is 0 Å². The van der Waals surface area contributed by atoms with E-state index in [2.05, 4.69) is 20.7 Å². The zero-order valence-electron chi connectivity index (χ0n) is 18.6. The van der Waals surface area contributed by atoms with Gasteiger partial charge in [-0.2, -0.15) is 4.80 Å². The summed E-state index contributed by atoms with van der Waals surface area (Å²) < 4.78 is 13.2. The summed E-state index contributed by atoms with van der Waals surface area (Å²) in [4.78, 5) is 28.6. The molecule has 172 valence electrons. The molecule has 3 aromatic rings. The molecule has 1 heterocycles. The monoisotopic (exact) mass is 450 g/mol. The number of hydrogen-bond donors (Lipinski definition) is 1. The molecule has 33 heavy (non-hydrogen) atoms. The molecular weight excluding hydrogens is 423 g/mol. The van der Waals surface area contributed by atoms with Gasteiger partial charge in [-0.05, 0) is 66.9 Å². The molecule has 8 nitrogen and oxygen atoms in total. The molecular formula is C24H27FN6O2. The number of rotatable bonds is 7. The second kappa shape index (κ2) is 10.3. The lowest BCUT2D eigenvalue weighted by molar-refractivity contribution is -0.124. The van der Waals surface area contributed by atoms with Crippen molar-refractivity contribution in [3.8, 4) is 11.4 Å². The minimum Gasteiger partial charge on any atom is -0.352 e. The highest BCUT2D eigenvalue weighted by Crippen LogP contribution is 2.19. The van der Waals surface area contributed by atoms with Crippen molar-refractivity contribution < 1.29 is 14.0 Å². The van der Waals surface area contributed by atoms with E-state index in [0.29, 0.717) is 17.1 Å². The Bertz CT molecular complexity index is 1110. The van der Waals surface area contributed by atoms with Gasteiger partial charge < -0.3 is 10.2 Å². The Morgan fingerprint density at radius 2 is 1.88 bits per heavy atom. The first-order chi connectivity index (χ1) is 16.0.